The van der Waals surface area contributed by atoms with E-state index in [0.717, 1.165) is 0 Å². The molecule has 0 N–H and O–H groups in total. The van der Waals surface area contributed by atoms with Crippen molar-refractivity contribution in [3.05, 3.63) is 27.7 Å². The molecule has 0 aliphatic carbocycles. The Balaban J connectivity index is -0.0000000369. The molecule has 0 saturated heterocycles. The molecule has 0 aliphatic heterocycles. The summed E-state index contributed by atoms with van der Waals surface area (Å²) in [4.78, 5) is 0. The van der Waals surface area contributed by atoms with Crippen LogP contribution in [0.1, 0.15) is 55.4 Å². The van der Waals surface area contributed by atoms with Crippen molar-refractivity contribution in [3.8, 4) is 0 Å². The van der Waals surface area contributed by atoms with Crippen molar-refractivity contribution in [3.63, 3.8) is 0 Å². The van der Waals surface area contributed by atoms with Gasteiger partial charge in [-0.15, -0.1) is 0 Å². The van der Waals surface area contributed by atoms with Crippen molar-refractivity contribution < 1.29 is 25.8 Å². The Bertz CT molecular complexity index is 48.5. The fourth-order valence-electron chi connectivity index (χ4n) is 0. The zero-order valence-electron chi connectivity index (χ0n) is 13.6. The number of rotatable bonds is 0. The Morgan fingerprint density at radius 2 is 0.412 bits per heavy atom. The van der Waals surface area contributed by atoms with Crippen LogP contribution in [0.15, 0.2) is 0 Å². The maximum Gasteiger partial charge on any atom is 4.00 e. The summed E-state index contributed by atoms with van der Waals surface area (Å²) in [7, 11) is 0. The quantitative estimate of drug-likeness (QED) is 0.347. The van der Waals surface area contributed by atoms with Gasteiger partial charge in [-0.3, -0.25) is 0 Å². The van der Waals surface area contributed by atoms with E-state index >= 15 is 0 Å². The average molecular weight is 407 g/mol. The minimum absolute atomic E-state index is 0. The van der Waals surface area contributed by atoms with E-state index in [9.17, 15) is 0 Å². The van der Waals surface area contributed by atoms with Crippen LogP contribution >= 0.6 is 0 Å². The van der Waals surface area contributed by atoms with E-state index in [1.54, 1.807) is 0 Å². The normalized spacial score (nSPS) is 8.47. The Hall–Kier alpha value is 0.870. The molecule has 0 nitrogen and oxygen atoms in total. The summed E-state index contributed by atoms with van der Waals surface area (Å²) in [6, 6.07) is 0. The van der Waals surface area contributed by atoms with Gasteiger partial charge >= 0.3 is 25.8 Å². The van der Waals surface area contributed by atoms with Crippen molar-refractivity contribution in [1.29, 1.82) is 0 Å². The molecule has 17 heavy (non-hydrogen) atoms. The molecule has 0 amide bonds. The fraction of sp³-hybridized carbons (Fsp3) is 0.750. The third kappa shape index (κ3) is 4930. The first-order valence-electron chi connectivity index (χ1n) is 6.25. The van der Waals surface area contributed by atoms with Crippen LogP contribution in [0.25, 0.3) is 0 Å². The van der Waals surface area contributed by atoms with Gasteiger partial charge in [0, 0.05) is 0 Å². The van der Waals surface area contributed by atoms with Crippen molar-refractivity contribution in [1.82, 2.24) is 0 Å². The molecule has 0 bridgehead atoms. The number of hydrogen-bond donors (Lipinski definition) is 0. The molecule has 0 rings (SSSR count). The summed E-state index contributed by atoms with van der Waals surface area (Å²) < 4.78 is 0. The van der Waals surface area contributed by atoms with Gasteiger partial charge in [-0.05, 0) is 0 Å². The molecule has 0 aromatic heterocycles. The molecule has 1 heteroatoms. The summed E-state index contributed by atoms with van der Waals surface area (Å²) >= 11 is 0. The fourth-order valence-corrected chi connectivity index (χ4v) is 0. The predicted octanol–water partition coefficient (Wildman–Crippen LogP) is 5.90. The van der Waals surface area contributed by atoms with Gasteiger partial charge < -0.3 is 27.7 Å². The average Bonchev–Trinajstić information content (AvgIpc) is 1.76. The third-order valence-electron chi connectivity index (χ3n) is 0. The summed E-state index contributed by atoms with van der Waals surface area (Å²) in [5.41, 5.74) is 0. The standard InChI is InChI=1S/4C4H9.Hf/c4*1-4(2)3;/h4*4H,1H2,2-3H3;/q4*-1;+4. The molecule has 0 aromatic carbocycles. The van der Waals surface area contributed by atoms with Crippen LogP contribution in [0.4, 0.5) is 0 Å². The minimum atomic E-state index is 0. The van der Waals surface area contributed by atoms with Gasteiger partial charge in [-0.2, -0.15) is 23.7 Å². The van der Waals surface area contributed by atoms with E-state index in [1.807, 2.05) is 0 Å². The van der Waals surface area contributed by atoms with Crippen LogP contribution in [0.3, 0.4) is 0 Å². The second kappa shape index (κ2) is 25.7. The molecule has 0 aromatic rings. The minimum Gasteiger partial charge on any atom is -0.341 e. The van der Waals surface area contributed by atoms with E-state index in [2.05, 4.69) is 83.1 Å². The maximum atomic E-state index is 3.64. The summed E-state index contributed by atoms with van der Waals surface area (Å²) in [6.45, 7) is 31.0. The molecule has 0 heterocycles. The van der Waals surface area contributed by atoms with Crippen molar-refractivity contribution in [2.75, 3.05) is 0 Å². The Kier molecular flexibility index (Phi) is 46.3. The van der Waals surface area contributed by atoms with Crippen LogP contribution < -0.4 is 0 Å². The van der Waals surface area contributed by atoms with E-state index < -0.39 is 0 Å². The zero-order chi connectivity index (χ0) is 14.3. The molecule has 0 unspecified atom stereocenters. The first kappa shape index (κ1) is 30.7. The van der Waals surface area contributed by atoms with Crippen molar-refractivity contribution in [2.24, 2.45) is 23.7 Å². The first-order valence-corrected chi connectivity index (χ1v) is 6.25. The first-order chi connectivity index (χ1) is 6.93. The van der Waals surface area contributed by atoms with Gasteiger partial charge in [-0.25, -0.2) is 0 Å². The Morgan fingerprint density at radius 1 is 0.412 bits per heavy atom. The second-order valence-corrected chi connectivity index (χ2v) is 5.58. The van der Waals surface area contributed by atoms with Crippen LogP contribution in [-0.2, 0) is 25.8 Å². The third-order valence-corrected chi connectivity index (χ3v) is 0. The van der Waals surface area contributed by atoms with E-state index in [0.29, 0.717) is 23.7 Å². The number of hydrogen-bond acceptors (Lipinski definition) is 0. The topological polar surface area (TPSA) is 0 Å². The van der Waals surface area contributed by atoms with Crippen molar-refractivity contribution in [2.45, 2.75) is 55.4 Å². The summed E-state index contributed by atoms with van der Waals surface area (Å²) in [6.07, 6.45) is 0. The van der Waals surface area contributed by atoms with Gasteiger partial charge in [0.05, 0.1) is 0 Å². The van der Waals surface area contributed by atoms with Gasteiger partial charge in [0.25, 0.3) is 0 Å². The molecule has 0 atom stereocenters. The Labute approximate surface area is 132 Å². The molecule has 0 aliphatic rings. The van der Waals surface area contributed by atoms with Crippen LogP contribution in [0.2, 0.25) is 0 Å². The predicted molar refractivity (Wildman–Crippen MR) is 80.8 cm³/mol. The van der Waals surface area contributed by atoms with Gasteiger partial charge in [0.1, 0.15) is 0 Å². The van der Waals surface area contributed by atoms with E-state index in [4.69, 9.17) is 0 Å². The van der Waals surface area contributed by atoms with Crippen LogP contribution in [0, 0.1) is 51.4 Å². The van der Waals surface area contributed by atoms with Crippen LogP contribution in [-0.4, -0.2) is 0 Å². The maximum absolute atomic E-state index is 3.64. The zero-order valence-corrected chi connectivity index (χ0v) is 17.2. The molecule has 0 saturated carbocycles. The molecule has 0 fully saturated rings. The van der Waals surface area contributed by atoms with Gasteiger partial charge in [0.2, 0.25) is 0 Å². The smallest absolute Gasteiger partial charge is 0.341 e. The molecule has 0 spiro atoms. The monoisotopic (exact) mass is 408 g/mol. The summed E-state index contributed by atoms with van der Waals surface area (Å²) in [5, 5.41) is 0. The molecular formula is C16H36Hf. The SMILES string of the molecule is [CH2-]C(C)C.[CH2-]C(C)C.[CH2-]C(C)C.[CH2-]C(C)C.[Hf+4]. The van der Waals surface area contributed by atoms with Gasteiger partial charge in [-0.1, -0.05) is 55.4 Å². The largest absolute Gasteiger partial charge is 4.00 e. The van der Waals surface area contributed by atoms with E-state index in [-0.39, 0.29) is 25.8 Å². The van der Waals surface area contributed by atoms with Crippen LogP contribution in [0.5, 0.6) is 0 Å². The Morgan fingerprint density at radius 3 is 0.412 bits per heavy atom. The molecular weight excluding hydrogens is 371 g/mol. The molecule has 104 valence electrons. The van der Waals surface area contributed by atoms with Crippen molar-refractivity contribution >= 4 is 0 Å². The second-order valence-electron chi connectivity index (χ2n) is 5.58. The van der Waals surface area contributed by atoms with Gasteiger partial charge in [0.15, 0.2) is 0 Å². The molecule has 0 radical (unpaired) electrons. The van der Waals surface area contributed by atoms with E-state index in [1.165, 1.54) is 0 Å². The summed E-state index contributed by atoms with van der Waals surface area (Å²) in [5.74, 6) is 2.33.